The predicted molar refractivity (Wildman–Crippen MR) is 72.7 cm³/mol. The second-order valence-electron chi connectivity index (χ2n) is 4.28. The van der Waals surface area contributed by atoms with Crippen LogP contribution in [0.5, 0.6) is 5.75 Å². The van der Waals surface area contributed by atoms with Crippen molar-refractivity contribution >= 4 is 10.8 Å². The number of rotatable bonds is 2. The molecule has 1 heterocycles. The zero-order chi connectivity index (χ0) is 12.4. The molecule has 0 fully saturated rings. The van der Waals surface area contributed by atoms with Gasteiger partial charge in [-0.15, -0.1) is 0 Å². The van der Waals surface area contributed by atoms with Crippen molar-refractivity contribution in [3.05, 3.63) is 72.1 Å². The van der Waals surface area contributed by atoms with E-state index in [9.17, 15) is 5.11 Å². The minimum atomic E-state index is 0.326. The number of hydrogen-bond acceptors (Lipinski definition) is 2. The van der Waals surface area contributed by atoms with Crippen LogP contribution in [0.15, 0.2) is 60.8 Å². The minimum Gasteiger partial charge on any atom is -0.508 e. The summed E-state index contributed by atoms with van der Waals surface area (Å²) in [6.45, 7) is 0. The van der Waals surface area contributed by atoms with Gasteiger partial charge in [-0.3, -0.25) is 4.98 Å². The molecular weight excluding hydrogens is 222 g/mol. The third kappa shape index (κ3) is 1.93. The summed E-state index contributed by atoms with van der Waals surface area (Å²) in [6.07, 6.45) is 2.46. The average molecular weight is 235 g/mol. The second-order valence-corrected chi connectivity index (χ2v) is 4.28. The molecule has 0 bridgehead atoms. The van der Waals surface area contributed by atoms with Crippen molar-refractivity contribution in [2.75, 3.05) is 0 Å². The molecular formula is C16H13NO. The van der Waals surface area contributed by atoms with Crippen LogP contribution in [0, 0.1) is 0 Å². The van der Waals surface area contributed by atoms with Crippen LogP contribution in [-0.4, -0.2) is 10.1 Å². The Bertz CT molecular complexity index is 686. The van der Waals surface area contributed by atoms with Gasteiger partial charge >= 0.3 is 0 Å². The number of phenolic OH excluding ortho intramolecular Hbond substituents is 1. The summed E-state index contributed by atoms with van der Waals surface area (Å²) in [7, 11) is 0. The summed E-state index contributed by atoms with van der Waals surface area (Å²) in [4.78, 5) is 4.43. The fourth-order valence-electron chi connectivity index (χ4n) is 2.16. The maximum absolute atomic E-state index is 9.82. The molecule has 0 saturated heterocycles. The van der Waals surface area contributed by atoms with E-state index < -0.39 is 0 Å². The Morgan fingerprint density at radius 1 is 0.889 bits per heavy atom. The van der Waals surface area contributed by atoms with Crippen molar-refractivity contribution < 1.29 is 5.11 Å². The highest BCUT2D eigenvalue weighted by Crippen LogP contribution is 2.23. The highest BCUT2D eigenvalue weighted by atomic mass is 16.3. The maximum Gasteiger partial charge on any atom is 0.119 e. The standard InChI is InChI=1S/C16H13NO/c18-16-8-4-2-6-13(16)11-15-14-7-3-1-5-12(14)9-10-17-15/h1-10,18H,11H2. The van der Waals surface area contributed by atoms with Gasteiger partial charge in [0.15, 0.2) is 0 Å². The SMILES string of the molecule is Oc1ccccc1Cc1nccc2ccccc12. The smallest absolute Gasteiger partial charge is 0.119 e. The van der Waals surface area contributed by atoms with E-state index in [0.29, 0.717) is 12.2 Å². The van der Waals surface area contributed by atoms with Crippen molar-refractivity contribution in [1.82, 2.24) is 4.98 Å². The molecule has 0 amide bonds. The lowest BCUT2D eigenvalue weighted by Gasteiger charge is -2.07. The van der Waals surface area contributed by atoms with Crippen molar-refractivity contribution in [1.29, 1.82) is 0 Å². The van der Waals surface area contributed by atoms with Gasteiger partial charge in [-0.05, 0) is 23.1 Å². The molecule has 1 N–H and O–H groups in total. The fourth-order valence-corrected chi connectivity index (χ4v) is 2.16. The maximum atomic E-state index is 9.82. The van der Waals surface area contributed by atoms with Gasteiger partial charge in [0, 0.05) is 18.0 Å². The molecule has 88 valence electrons. The van der Waals surface area contributed by atoms with Crippen molar-refractivity contribution in [2.45, 2.75) is 6.42 Å². The molecule has 2 aromatic carbocycles. The molecule has 0 aliphatic heterocycles. The van der Waals surface area contributed by atoms with E-state index in [1.807, 2.05) is 42.6 Å². The molecule has 1 aromatic heterocycles. The zero-order valence-electron chi connectivity index (χ0n) is 9.88. The molecule has 0 aliphatic carbocycles. The molecule has 0 saturated carbocycles. The van der Waals surface area contributed by atoms with Gasteiger partial charge in [0.1, 0.15) is 5.75 Å². The van der Waals surface area contributed by atoms with Gasteiger partial charge in [-0.1, -0.05) is 42.5 Å². The first-order valence-corrected chi connectivity index (χ1v) is 5.94. The number of fused-ring (bicyclic) bond motifs is 1. The number of phenols is 1. The van der Waals surface area contributed by atoms with Crippen LogP contribution >= 0.6 is 0 Å². The van der Waals surface area contributed by atoms with Gasteiger partial charge in [-0.25, -0.2) is 0 Å². The molecule has 3 aromatic rings. The van der Waals surface area contributed by atoms with Gasteiger partial charge in [0.2, 0.25) is 0 Å². The lowest BCUT2D eigenvalue weighted by molar-refractivity contribution is 0.469. The first kappa shape index (κ1) is 10.8. The lowest BCUT2D eigenvalue weighted by atomic mass is 10.0. The van der Waals surface area contributed by atoms with Crippen LogP contribution in [0.1, 0.15) is 11.3 Å². The Hall–Kier alpha value is -2.35. The molecule has 18 heavy (non-hydrogen) atoms. The highest BCUT2D eigenvalue weighted by Gasteiger charge is 2.05. The Balaban J connectivity index is 2.08. The summed E-state index contributed by atoms with van der Waals surface area (Å²) >= 11 is 0. The molecule has 0 spiro atoms. The Labute approximate surface area is 106 Å². The fraction of sp³-hybridized carbons (Fsp3) is 0.0625. The van der Waals surface area contributed by atoms with E-state index in [4.69, 9.17) is 0 Å². The van der Waals surface area contributed by atoms with Crippen LogP contribution in [-0.2, 0) is 6.42 Å². The number of nitrogens with zero attached hydrogens (tertiary/aromatic N) is 1. The minimum absolute atomic E-state index is 0.326. The van der Waals surface area contributed by atoms with Gasteiger partial charge < -0.3 is 5.11 Å². The third-order valence-corrected chi connectivity index (χ3v) is 3.11. The predicted octanol–water partition coefficient (Wildman–Crippen LogP) is 3.53. The number of pyridine rings is 1. The molecule has 3 rings (SSSR count). The van der Waals surface area contributed by atoms with Crippen LogP contribution in [0.3, 0.4) is 0 Å². The summed E-state index contributed by atoms with van der Waals surface area (Å²) in [5.41, 5.74) is 1.90. The van der Waals surface area contributed by atoms with Gasteiger partial charge in [0.05, 0.1) is 5.69 Å². The number of para-hydroxylation sites is 1. The van der Waals surface area contributed by atoms with Gasteiger partial charge in [-0.2, -0.15) is 0 Å². The molecule has 0 aliphatic rings. The highest BCUT2D eigenvalue weighted by molar-refractivity contribution is 5.84. The Morgan fingerprint density at radius 3 is 2.56 bits per heavy atom. The molecule has 2 nitrogen and oxygen atoms in total. The molecule has 0 unspecified atom stereocenters. The average Bonchev–Trinajstić information content (AvgIpc) is 2.42. The van der Waals surface area contributed by atoms with E-state index in [1.165, 1.54) is 5.39 Å². The summed E-state index contributed by atoms with van der Waals surface area (Å²) < 4.78 is 0. The lowest BCUT2D eigenvalue weighted by Crippen LogP contribution is -1.93. The van der Waals surface area contributed by atoms with Crippen molar-refractivity contribution in [3.63, 3.8) is 0 Å². The largest absolute Gasteiger partial charge is 0.508 e. The quantitative estimate of drug-likeness (QED) is 0.737. The third-order valence-electron chi connectivity index (χ3n) is 3.11. The molecule has 2 heteroatoms. The number of aromatic nitrogens is 1. The normalized spacial score (nSPS) is 10.7. The van der Waals surface area contributed by atoms with Crippen LogP contribution in [0.25, 0.3) is 10.8 Å². The summed E-state index contributed by atoms with van der Waals surface area (Å²) in [5.74, 6) is 0.326. The monoisotopic (exact) mass is 235 g/mol. The van der Waals surface area contributed by atoms with Crippen molar-refractivity contribution in [3.8, 4) is 5.75 Å². The molecule has 0 radical (unpaired) electrons. The van der Waals surface area contributed by atoms with E-state index in [1.54, 1.807) is 6.07 Å². The van der Waals surface area contributed by atoms with Crippen LogP contribution < -0.4 is 0 Å². The van der Waals surface area contributed by atoms with E-state index in [-0.39, 0.29) is 0 Å². The van der Waals surface area contributed by atoms with E-state index >= 15 is 0 Å². The Kier molecular flexibility index (Phi) is 2.69. The Morgan fingerprint density at radius 2 is 1.67 bits per heavy atom. The number of hydrogen-bond donors (Lipinski definition) is 1. The van der Waals surface area contributed by atoms with E-state index in [0.717, 1.165) is 16.6 Å². The van der Waals surface area contributed by atoms with Crippen LogP contribution in [0.2, 0.25) is 0 Å². The first-order chi connectivity index (χ1) is 8.84. The number of aromatic hydroxyl groups is 1. The van der Waals surface area contributed by atoms with E-state index in [2.05, 4.69) is 17.1 Å². The molecule has 0 atom stereocenters. The summed E-state index contributed by atoms with van der Waals surface area (Å²) in [5, 5.41) is 12.1. The zero-order valence-corrected chi connectivity index (χ0v) is 9.88. The first-order valence-electron chi connectivity index (χ1n) is 5.94. The van der Waals surface area contributed by atoms with Crippen molar-refractivity contribution in [2.24, 2.45) is 0 Å². The van der Waals surface area contributed by atoms with Gasteiger partial charge in [0.25, 0.3) is 0 Å². The summed E-state index contributed by atoms with van der Waals surface area (Å²) in [6, 6.07) is 17.6. The number of benzene rings is 2. The van der Waals surface area contributed by atoms with Crippen LogP contribution in [0.4, 0.5) is 0 Å². The second kappa shape index (κ2) is 4.49. The topological polar surface area (TPSA) is 33.1 Å².